The maximum Gasteiger partial charge on any atom is 0.335 e. The number of aromatic nitrogens is 2. The number of anilines is 2. The van der Waals surface area contributed by atoms with Crippen molar-refractivity contribution in [3.8, 4) is 0 Å². The molecule has 0 saturated carbocycles. The molecule has 0 aliphatic heterocycles. The topological polar surface area (TPSA) is 75.1 Å². The number of nitrogens with one attached hydrogen (secondary N) is 1. The third-order valence-electron chi connectivity index (χ3n) is 3.01. The van der Waals surface area contributed by atoms with Crippen molar-refractivity contribution >= 4 is 28.4 Å². The van der Waals surface area contributed by atoms with Crippen LogP contribution >= 0.6 is 0 Å². The van der Waals surface area contributed by atoms with E-state index in [9.17, 15) is 9.18 Å². The molecular formula is C15H10FN3O2. The lowest BCUT2D eigenvalue weighted by Crippen LogP contribution is -2.00. The minimum Gasteiger partial charge on any atom is -0.478 e. The molecule has 0 bridgehead atoms. The second-order valence-corrected chi connectivity index (χ2v) is 4.36. The van der Waals surface area contributed by atoms with Gasteiger partial charge in [0, 0.05) is 5.39 Å². The SMILES string of the molecule is O=C(O)c1ccc2c(Nc3ccccc3F)ncnc2c1. The molecule has 1 heterocycles. The van der Waals surface area contributed by atoms with Crippen molar-refractivity contribution in [3.63, 3.8) is 0 Å². The standard InChI is InChI=1S/C15H10FN3O2/c16-11-3-1-2-4-12(11)19-14-10-6-5-9(15(20)21)7-13(10)17-8-18-14/h1-8H,(H,20,21)(H,17,18,19). The Morgan fingerprint density at radius 2 is 1.95 bits per heavy atom. The summed E-state index contributed by atoms with van der Waals surface area (Å²) in [4.78, 5) is 19.1. The van der Waals surface area contributed by atoms with E-state index < -0.39 is 11.8 Å². The van der Waals surface area contributed by atoms with Crippen LogP contribution in [0.25, 0.3) is 10.9 Å². The van der Waals surface area contributed by atoms with Crippen molar-refractivity contribution < 1.29 is 14.3 Å². The number of rotatable bonds is 3. The van der Waals surface area contributed by atoms with Crippen LogP contribution in [-0.2, 0) is 0 Å². The Morgan fingerprint density at radius 1 is 1.14 bits per heavy atom. The van der Waals surface area contributed by atoms with E-state index >= 15 is 0 Å². The Balaban J connectivity index is 2.07. The average Bonchev–Trinajstić information content (AvgIpc) is 2.49. The van der Waals surface area contributed by atoms with Crippen LogP contribution in [0.1, 0.15) is 10.4 Å². The molecule has 0 aliphatic carbocycles. The molecule has 0 aliphatic rings. The molecular weight excluding hydrogens is 273 g/mol. The van der Waals surface area contributed by atoms with Gasteiger partial charge in [-0.1, -0.05) is 12.1 Å². The van der Waals surface area contributed by atoms with E-state index in [1.54, 1.807) is 24.3 Å². The minimum atomic E-state index is -1.03. The zero-order chi connectivity index (χ0) is 14.8. The Hall–Kier alpha value is -3.02. The van der Waals surface area contributed by atoms with Gasteiger partial charge in [0.1, 0.15) is 18.0 Å². The second kappa shape index (κ2) is 5.16. The maximum atomic E-state index is 13.7. The predicted molar refractivity (Wildman–Crippen MR) is 76.2 cm³/mol. The molecule has 6 heteroatoms. The third kappa shape index (κ3) is 2.51. The summed E-state index contributed by atoms with van der Waals surface area (Å²) in [6.07, 6.45) is 1.30. The van der Waals surface area contributed by atoms with Crippen LogP contribution in [0.5, 0.6) is 0 Å². The molecule has 0 radical (unpaired) electrons. The second-order valence-electron chi connectivity index (χ2n) is 4.36. The van der Waals surface area contributed by atoms with E-state index in [4.69, 9.17) is 5.11 Å². The maximum absolute atomic E-state index is 13.7. The Bertz CT molecular complexity index is 836. The van der Waals surface area contributed by atoms with E-state index in [-0.39, 0.29) is 5.56 Å². The van der Waals surface area contributed by atoms with Gasteiger partial charge in [0.2, 0.25) is 0 Å². The summed E-state index contributed by atoms with van der Waals surface area (Å²) in [5.41, 5.74) is 0.904. The van der Waals surface area contributed by atoms with Gasteiger partial charge in [0.15, 0.2) is 0 Å². The first kappa shape index (κ1) is 13.0. The molecule has 21 heavy (non-hydrogen) atoms. The lowest BCUT2D eigenvalue weighted by molar-refractivity contribution is 0.0697. The summed E-state index contributed by atoms with van der Waals surface area (Å²) < 4.78 is 13.7. The number of fused-ring (bicyclic) bond motifs is 1. The van der Waals surface area contributed by atoms with E-state index in [0.29, 0.717) is 22.4 Å². The molecule has 0 unspecified atom stereocenters. The minimum absolute atomic E-state index is 0.137. The number of benzene rings is 2. The molecule has 3 rings (SSSR count). The van der Waals surface area contributed by atoms with Crippen molar-refractivity contribution in [2.24, 2.45) is 0 Å². The van der Waals surface area contributed by atoms with Crippen LogP contribution in [0.3, 0.4) is 0 Å². The Kier molecular flexibility index (Phi) is 3.19. The number of carboxylic acid groups (broad SMARTS) is 1. The number of nitrogens with zero attached hydrogens (tertiary/aromatic N) is 2. The number of hydrogen-bond donors (Lipinski definition) is 2. The van der Waals surface area contributed by atoms with Gasteiger partial charge in [-0.25, -0.2) is 19.2 Å². The number of halogens is 1. The van der Waals surface area contributed by atoms with Gasteiger partial charge >= 0.3 is 5.97 Å². The van der Waals surface area contributed by atoms with E-state index in [0.717, 1.165) is 0 Å². The predicted octanol–water partition coefficient (Wildman–Crippen LogP) is 3.21. The zero-order valence-electron chi connectivity index (χ0n) is 10.7. The highest BCUT2D eigenvalue weighted by molar-refractivity contribution is 5.97. The molecule has 0 fully saturated rings. The van der Waals surface area contributed by atoms with Crippen LogP contribution < -0.4 is 5.32 Å². The van der Waals surface area contributed by atoms with Crippen LogP contribution in [0.2, 0.25) is 0 Å². The van der Waals surface area contributed by atoms with Crippen molar-refractivity contribution in [2.45, 2.75) is 0 Å². The van der Waals surface area contributed by atoms with Crippen molar-refractivity contribution in [1.82, 2.24) is 9.97 Å². The highest BCUT2D eigenvalue weighted by Gasteiger charge is 2.09. The van der Waals surface area contributed by atoms with Crippen molar-refractivity contribution in [1.29, 1.82) is 0 Å². The molecule has 0 amide bonds. The zero-order valence-corrected chi connectivity index (χ0v) is 10.7. The highest BCUT2D eigenvalue weighted by atomic mass is 19.1. The first-order valence-electron chi connectivity index (χ1n) is 6.15. The molecule has 5 nitrogen and oxygen atoms in total. The quantitative estimate of drug-likeness (QED) is 0.772. The van der Waals surface area contributed by atoms with Gasteiger partial charge < -0.3 is 10.4 Å². The normalized spacial score (nSPS) is 10.5. The van der Waals surface area contributed by atoms with Crippen LogP contribution in [0.15, 0.2) is 48.8 Å². The van der Waals surface area contributed by atoms with Crippen LogP contribution in [0.4, 0.5) is 15.9 Å². The lowest BCUT2D eigenvalue weighted by atomic mass is 10.1. The molecule has 1 aromatic heterocycles. The van der Waals surface area contributed by atoms with E-state index in [2.05, 4.69) is 15.3 Å². The van der Waals surface area contributed by atoms with Gasteiger partial charge in [0.05, 0.1) is 16.8 Å². The fourth-order valence-electron chi connectivity index (χ4n) is 1.98. The summed E-state index contributed by atoms with van der Waals surface area (Å²) in [6, 6.07) is 10.7. The third-order valence-corrected chi connectivity index (χ3v) is 3.01. The molecule has 2 N–H and O–H groups in total. The van der Waals surface area contributed by atoms with E-state index in [1.807, 2.05) is 0 Å². The monoisotopic (exact) mass is 283 g/mol. The number of carbonyl (C=O) groups is 1. The summed E-state index contributed by atoms with van der Waals surface area (Å²) in [5, 5.41) is 12.5. The molecule has 0 spiro atoms. The van der Waals surface area contributed by atoms with Gasteiger partial charge in [0.25, 0.3) is 0 Å². The summed E-state index contributed by atoms with van der Waals surface area (Å²) in [6.45, 7) is 0. The van der Waals surface area contributed by atoms with Crippen LogP contribution in [0, 0.1) is 5.82 Å². The summed E-state index contributed by atoms with van der Waals surface area (Å²) in [7, 11) is 0. The fraction of sp³-hybridized carbons (Fsp3) is 0. The molecule has 3 aromatic rings. The lowest BCUT2D eigenvalue weighted by Gasteiger charge is -2.09. The number of carboxylic acids is 1. The largest absolute Gasteiger partial charge is 0.478 e. The first-order chi connectivity index (χ1) is 10.1. The number of para-hydroxylation sites is 1. The van der Waals surface area contributed by atoms with Crippen LogP contribution in [-0.4, -0.2) is 21.0 Å². The van der Waals surface area contributed by atoms with E-state index in [1.165, 1.54) is 24.5 Å². The number of hydrogen-bond acceptors (Lipinski definition) is 4. The Morgan fingerprint density at radius 3 is 2.71 bits per heavy atom. The van der Waals surface area contributed by atoms with Crippen molar-refractivity contribution in [2.75, 3.05) is 5.32 Å². The number of aromatic carboxylic acids is 1. The first-order valence-corrected chi connectivity index (χ1v) is 6.15. The smallest absolute Gasteiger partial charge is 0.335 e. The van der Waals surface area contributed by atoms with Gasteiger partial charge in [-0.15, -0.1) is 0 Å². The molecule has 0 atom stereocenters. The molecule has 104 valence electrons. The van der Waals surface area contributed by atoms with Gasteiger partial charge in [-0.2, -0.15) is 0 Å². The van der Waals surface area contributed by atoms with Crippen molar-refractivity contribution in [3.05, 3.63) is 60.2 Å². The molecule has 2 aromatic carbocycles. The highest BCUT2D eigenvalue weighted by Crippen LogP contribution is 2.25. The Labute approximate surface area is 119 Å². The summed E-state index contributed by atoms with van der Waals surface area (Å²) in [5.74, 6) is -1.01. The van der Waals surface area contributed by atoms with Gasteiger partial charge in [-0.05, 0) is 30.3 Å². The molecule has 0 saturated heterocycles. The summed E-state index contributed by atoms with van der Waals surface area (Å²) >= 11 is 0. The average molecular weight is 283 g/mol. The fourth-order valence-corrected chi connectivity index (χ4v) is 1.98. The van der Waals surface area contributed by atoms with Gasteiger partial charge in [-0.3, -0.25) is 0 Å².